The van der Waals surface area contributed by atoms with Crippen LogP contribution in [0.4, 0.5) is 5.69 Å². The third-order valence-corrected chi connectivity index (χ3v) is 5.85. The first kappa shape index (κ1) is 19.5. The first-order chi connectivity index (χ1) is 14.3. The fraction of sp³-hybridized carbons (Fsp3) is 0.240. The molecule has 1 aliphatic rings. The lowest BCUT2D eigenvalue weighted by Crippen LogP contribution is -2.52. The number of nitrogens with one attached hydrogen (secondary N) is 1. The van der Waals surface area contributed by atoms with Crippen molar-refractivity contribution in [3.05, 3.63) is 102 Å². The van der Waals surface area contributed by atoms with E-state index < -0.39 is 0 Å². The predicted molar refractivity (Wildman–Crippen MR) is 125 cm³/mol. The van der Waals surface area contributed by atoms with Crippen LogP contribution in [0.2, 0.25) is 0 Å². The molecule has 1 aliphatic heterocycles. The summed E-state index contributed by atoms with van der Waals surface area (Å²) in [5, 5.41) is 4.49. The van der Waals surface area contributed by atoms with Crippen LogP contribution in [0.15, 0.2) is 91.0 Å². The fourth-order valence-corrected chi connectivity index (χ4v) is 4.16. The summed E-state index contributed by atoms with van der Waals surface area (Å²) in [6, 6.07) is 32.0. The van der Waals surface area contributed by atoms with Crippen molar-refractivity contribution in [1.29, 1.82) is 0 Å². The van der Waals surface area contributed by atoms with Gasteiger partial charge in [0.15, 0.2) is 5.11 Å². The van der Waals surface area contributed by atoms with E-state index in [-0.39, 0.29) is 6.04 Å². The maximum Gasteiger partial charge on any atom is 0.169 e. The second kappa shape index (κ2) is 9.57. The second-order valence-corrected chi connectivity index (χ2v) is 7.80. The molecular formula is C25H27N3S. The lowest BCUT2D eigenvalue weighted by atomic mass is 9.99. The van der Waals surface area contributed by atoms with Crippen molar-refractivity contribution >= 4 is 23.0 Å². The maximum atomic E-state index is 5.82. The fourth-order valence-electron chi connectivity index (χ4n) is 3.83. The summed E-state index contributed by atoms with van der Waals surface area (Å²) in [5.74, 6) is 0. The third kappa shape index (κ3) is 5.15. The summed E-state index contributed by atoms with van der Waals surface area (Å²) < 4.78 is 0. The highest BCUT2D eigenvalue weighted by Gasteiger charge is 2.21. The Morgan fingerprint density at radius 3 is 1.93 bits per heavy atom. The van der Waals surface area contributed by atoms with Crippen molar-refractivity contribution in [3.8, 4) is 0 Å². The zero-order valence-electron chi connectivity index (χ0n) is 16.6. The molecule has 1 heterocycles. The van der Waals surface area contributed by atoms with Gasteiger partial charge < -0.3 is 15.1 Å². The topological polar surface area (TPSA) is 18.5 Å². The Kier molecular flexibility index (Phi) is 6.42. The van der Waals surface area contributed by atoms with Gasteiger partial charge in [0.05, 0.1) is 6.04 Å². The molecule has 148 valence electrons. The smallest absolute Gasteiger partial charge is 0.169 e. The summed E-state index contributed by atoms with van der Waals surface area (Å²) in [6.07, 6.45) is 0.912. The molecule has 1 unspecified atom stereocenters. The molecule has 0 radical (unpaired) electrons. The highest BCUT2D eigenvalue weighted by Crippen LogP contribution is 2.20. The van der Waals surface area contributed by atoms with E-state index in [1.165, 1.54) is 16.8 Å². The molecule has 0 aliphatic carbocycles. The van der Waals surface area contributed by atoms with E-state index in [1.807, 2.05) is 0 Å². The van der Waals surface area contributed by atoms with Gasteiger partial charge in [0.1, 0.15) is 0 Å². The van der Waals surface area contributed by atoms with Gasteiger partial charge in [-0.3, -0.25) is 0 Å². The third-order valence-electron chi connectivity index (χ3n) is 5.47. The van der Waals surface area contributed by atoms with Crippen molar-refractivity contribution in [2.45, 2.75) is 12.5 Å². The Labute approximate surface area is 179 Å². The molecule has 1 atom stereocenters. The van der Waals surface area contributed by atoms with Gasteiger partial charge in [0, 0.05) is 31.9 Å². The molecule has 0 aromatic heterocycles. The molecule has 0 bridgehead atoms. The molecule has 3 aromatic rings. The summed E-state index contributed by atoms with van der Waals surface area (Å²) in [6.45, 7) is 3.85. The van der Waals surface area contributed by atoms with Crippen LogP contribution in [0.1, 0.15) is 17.2 Å². The number of para-hydroxylation sites is 1. The number of anilines is 1. The van der Waals surface area contributed by atoms with E-state index in [9.17, 15) is 0 Å². The zero-order valence-corrected chi connectivity index (χ0v) is 17.4. The van der Waals surface area contributed by atoms with Crippen LogP contribution >= 0.6 is 12.2 Å². The zero-order chi connectivity index (χ0) is 19.9. The number of benzene rings is 3. The molecular weight excluding hydrogens is 374 g/mol. The van der Waals surface area contributed by atoms with Gasteiger partial charge in [0.2, 0.25) is 0 Å². The molecule has 1 fully saturated rings. The van der Waals surface area contributed by atoms with Crippen molar-refractivity contribution in [2.24, 2.45) is 0 Å². The van der Waals surface area contributed by atoms with Gasteiger partial charge in [-0.2, -0.15) is 0 Å². The number of hydrogen-bond acceptors (Lipinski definition) is 2. The van der Waals surface area contributed by atoms with E-state index in [1.54, 1.807) is 0 Å². The number of hydrogen-bond donors (Lipinski definition) is 1. The second-order valence-electron chi connectivity index (χ2n) is 7.41. The minimum absolute atomic E-state index is 0.165. The standard InChI is InChI=1S/C25H27N3S/c29-25(28-18-16-27(17-19-28)23-14-8-3-9-15-23)26-24(22-12-6-2-7-13-22)20-21-10-4-1-5-11-21/h1-15,24H,16-20H2,(H,26,29). The molecule has 0 spiro atoms. The maximum absolute atomic E-state index is 5.82. The van der Waals surface area contributed by atoms with E-state index in [2.05, 4.69) is 106 Å². The average molecular weight is 402 g/mol. The summed E-state index contributed by atoms with van der Waals surface area (Å²) >= 11 is 5.82. The van der Waals surface area contributed by atoms with Gasteiger partial charge in [-0.1, -0.05) is 78.9 Å². The highest BCUT2D eigenvalue weighted by atomic mass is 32.1. The van der Waals surface area contributed by atoms with E-state index in [0.717, 1.165) is 37.7 Å². The van der Waals surface area contributed by atoms with Gasteiger partial charge >= 0.3 is 0 Å². The Hall–Kier alpha value is -2.85. The number of nitrogens with zero attached hydrogens (tertiary/aromatic N) is 2. The summed E-state index contributed by atoms with van der Waals surface area (Å²) in [5.41, 5.74) is 3.87. The van der Waals surface area contributed by atoms with Gasteiger partial charge in [-0.05, 0) is 41.9 Å². The monoisotopic (exact) mass is 401 g/mol. The van der Waals surface area contributed by atoms with Crippen LogP contribution in [0.5, 0.6) is 0 Å². The normalized spacial score (nSPS) is 15.0. The van der Waals surface area contributed by atoms with Gasteiger partial charge in [-0.25, -0.2) is 0 Å². The van der Waals surface area contributed by atoms with E-state index >= 15 is 0 Å². The Morgan fingerprint density at radius 2 is 1.31 bits per heavy atom. The largest absolute Gasteiger partial charge is 0.368 e. The molecule has 4 rings (SSSR count). The molecule has 1 N–H and O–H groups in total. The molecule has 3 nitrogen and oxygen atoms in total. The van der Waals surface area contributed by atoms with Crippen LogP contribution in [0.25, 0.3) is 0 Å². The van der Waals surface area contributed by atoms with Crippen molar-refractivity contribution in [1.82, 2.24) is 10.2 Å². The van der Waals surface area contributed by atoms with Gasteiger partial charge in [0.25, 0.3) is 0 Å². The van der Waals surface area contributed by atoms with Crippen LogP contribution < -0.4 is 10.2 Å². The quantitative estimate of drug-likeness (QED) is 0.626. The predicted octanol–water partition coefficient (Wildman–Crippen LogP) is 4.67. The first-order valence-corrected chi connectivity index (χ1v) is 10.6. The van der Waals surface area contributed by atoms with Gasteiger partial charge in [-0.15, -0.1) is 0 Å². The minimum Gasteiger partial charge on any atom is -0.368 e. The van der Waals surface area contributed by atoms with Crippen molar-refractivity contribution in [3.63, 3.8) is 0 Å². The SMILES string of the molecule is S=C(NC(Cc1ccccc1)c1ccccc1)N1CCN(c2ccccc2)CC1. The van der Waals surface area contributed by atoms with E-state index in [4.69, 9.17) is 12.2 Å². The van der Waals surface area contributed by atoms with Crippen LogP contribution in [-0.4, -0.2) is 36.2 Å². The summed E-state index contributed by atoms with van der Waals surface area (Å²) in [7, 11) is 0. The molecule has 3 aromatic carbocycles. The van der Waals surface area contributed by atoms with Crippen LogP contribution in [-0.2, 0) is 6.42 Å². The summed E-state index contributed by atoms with van der Waals surface area (Å²) in [4.78, 5) is 4.73. The van der Waals surface area contributed by atoms with Crippen molar-refractivity contribution < 1.29 is 0 Å². The molecule has 29 heavy (non-hydrogen) atoms. The van der Waals surface area contributed by atoms with Crippen molar-refractivity contribution in [2.75, 3.05) is 31.1 Å². The van der Waals surface area contributed by atoms with Crippen LogP contribution in [0, 0.1) is 0 Å². The number of rotatable bonds is 5. The molecule has 4 heteroatoms. The van der Waals surface area contributed by atoms with E-state index in [0.29, 0.717) is 0 Å². The Bertz CT molecular complexity index is 891. The number of thiocarbonyl (C=S) groups is 1. The Balaban J connectivity index is 1.40. The minimum atomic E-state index is 0.165. The van der Waals surface area contributed by atoms with Crippen LogP contribution in [0.3, 0.4) is 0 Å². The Morgan fingerprint density at radius 1 is 0.759 bits per heavy atom. The lowest BCUT2D eigenvalue weighted by molar-refractivity contribution is 0.374. The first-order valence-electron chi connectivity index (χ1n) is 10.2. The molecule has 0 saturated carbocycles. The average Bonchev–Trinajstić information content (AvgIpc) is 2.80. The molecule has 0 amide bonds. The lowest BCUT2D eigenvalue weighted by Gasteiger charge is -2.38. The molecule has 1 saturated heterocycles. The highest BCUT2D eigenvalue weighted by molar-refractivity contribution is 7.80. The number of piperazine rings is 1.